The molecule has 242 valence electrons. The van der Waals surface area contributed by atoms with Gasteiger partial charge in [0.15, 0.2) is 17.2 Å². The summed E-state index contributed by atoms with van der Waals surface area (Å²) in [6.45, 7) is 10.7. The standard InChI is InChI=1S/C34H48N2O8/c1-16(2)25-28(40)24(31(35)43)29(41)34(44)30(42)26-27(39)23-20(7-6-8-21(23)38)17(3)32(26,4)22(33(25,34)5)15-19(37)10-9-18-11-13-36-14-12-18/h6-8,16-18,22,24-26,28,30,36,38,40,42,44H,9-15H2,1-5H3,(H2,35,43)/t17-,22-,24-,25+,26-,28?,30?,32-,33-,34+/m1/s1. The Kier molecular flexibility index (Phi) is 8.40. The third kappa shape index (κ3) is 4.35. The highest BCUT2D eigenvalue weighted by molar-refractivity contribution is 6.09. The summed E-state index contributed by atoms with van der Waals surface area (Å²) in [6, 6.07) is 4.76. The number of hydrogen-bond acceptors (Lipinski definition) is 9. The zero-order chi connectivity index (χ0) is 32.5. The number of aliphatic hydroxyl groups is 3. The van der Waals surface area contributed by atoms with Gasteiger partial charge in [-0.05, 0) is 79.0 Å². The van der Waals surface area contributed by atoms with Crippen LogP contribution in [-0.2, 0) is 14.4 Å². The number of rotatable bonds is 7. The van der Waals surface area contributed by atoms with Crippen molar-refractivity contribution in [3.63, 3.8) is 0 Å². The second-order valence-electron chi connectivity index (χ2n) is 14.7. The molecule has 0 bridgehead atoms. The van der Waals surface area contributed by atoms with Gasteiger partial charge in [-0.1, -0.05) is 46.8 Å². The molecule has 2 unspecified atom stereocenters. The van der Waals surface area contributed by atoms with Gasteiger partial charge in [0.2, 0.25) is 5.91 Å². The Labute approximate surface area is 258 Å². The number of fused-ring (bicyclic) bond motifs is 3. The molecule has 44 heavy (non-hydrogen) atoms. The first-order valence-electron chi connectivity index (χ1n) is 16.1. The van der Waals surface area contributed by atoms with E-state index in [-0.39, 0.29) is 29.9 Å². The first kappa shape index (κ1) is 32.7. The molecule has 1 aromatic carbocycles. The normalized spacial score (nSPS) is 40.7. The predicted molar refractivity (Wildman–Crippen MR) is 161 cm³/mol. The number of nitrogens with two attached hydrogens (primary N) is 1. The van der Waals surface area contributed by atoms with Crippen LogP contribution in [0.1, 0.15) is 88.6 Å². The van der Waals surface area contributed by atoms with Crippen molar-refractivity contribution in [1.29, 1.82) is 0 Å². The Hall–Kier alpha value is -2.66. The van der Waals surface area contributed by atoms with Crippen LogP contribution >= 0.6 is 0 Å². The number of aromatic hydroxyl groups is 1. The summed E-state index contributed by atoms with van der Waals surface area (Å²) in [5, 5.41) is 50.6. The van der Waals surface area contributed by atoms with Gasteiger partial charge in [-0.25, -0.2) is 0 Å². The fraction of sp³-hybridized carbons (Fsp3) is 0.706. The van der Waals surface area contributed by atoms with Crippen LogP contribution in [0.15, 0.2) is 18.2 Å². The molecule has 10 heteroatoms. The van der Waals surface area contributed by atoms with E-state index in [0.29, 0.717) is 17.9 Å². The van der Waals surface area contributed by atoms with Gasteiger partial charge in [0, 0.05) is 18.3 Å². The summed E-state index contributed by atoms with van der Waals surface area (Å²) in [7, 11) is 0. The summed E-state index contributed by atoms with van der Waals surface area (Å²) in [5.74, 6) is -8.80. The summed E-state index contributed by atoms with van der Waals surface area (Å²) >= 11 is 0. The van der Waals surface area contributed by atoms with Gasteiger partial charge in [-0.3, -0.25) is 19.2 Å². The molecule has 3 fully saturated rings. The van der Waals surface area contributed by atoms with Crippen molar-refractivity contribution in [1.82, 2.24) is 5.32 Å². The highest BCUT2D eigenvalue weighted by Gasteiger charge is 2.80. The number of hydrogen-bond donors (Lipinski definition) is 6. The molecular weight excluding hydrogens is 564 g/mol. The minimum Gasteiger partial charge on any atom is -0.507 e. The average Bonchev–Trinajstić information content (AvgIpc) is 2.96. The van der Waals surface area contributed by atoms with Gasteiger partial charge in [0.1, 0.15) is 23.6 Å². The molecule has 4 aliphatic rings. The number of phenols is 1. The fourth-order valence-electron chi connectivity index (χ4n) is 10.2. The lowest BCUT2D eigenvalue weighted by molar-refractivity contribution is -0.292. The molecular formula is C34H48N2O8. The number of carbonyl (C=O) groups excluding carboxylic acids is 4. The highest BCUT2D eigenvalue weighted by Crippen LogP contribution is 2.71. The maximum absolute atomic E-state index is 14.3. The molecule has 0 radical (unpaired) electrons. The Balaban J connectivity index is 1.72. The number of piperidine rings is 1. The SMILES string of the molecule is CC(C)[C@H]1C(O)[C@@H](C(N)=O)C(=O)[C@]2(O)C(O)[C@H]3C(=O)c4c(O)cccc4[C@@H](C)[C@]3(C)[C@@H](CC(=O)CCC3CCNCC3)[C@]12C. The molecule has 10 nitrogen and oxygen atoms in total. The number of benzene rings is 1. The van der Waals surface area contributed by atoms with Crippen molar-refractivity contribution in [2.75, 3.05) is 13.1 Å². The van der Waals surface area contributed by atoms with Gasteiger partial charge < -0.3 is 31.5 Å². The third-order valence-corrected chi connectivity index (χ3v) is 12.5. The molecule has 1 heterocycles. The molecule has 0 aromatic heterocycles. The van der Waals surface area contributed by atoms with Gasteiger partial charge in [0.25, 0.3) is 0 Å². The maximum atomic E-state index is 14.3. The van der Waals surface area contributed by atoms with Crippen LogP contribution in [0.3, 0.4) is 0 Å². The van der Waals surface area contributed by atoms with Crippen molar-refractivity contribution in [2.24, 2.45) is 52.1 Å². The minimum atomic E-state index is -2.69. The number of Topliss-reactive ketones (excluding diaryl/α,β-unsaturated/α-hetero) is 3. The first-order valence-corrected chi connectivity index (χ1v) is 16.1. The van der Waals surface area contributed by atoms with Crippen molar-refractivity contribution in [2.45, 2.75) is 90.4 Å². The Bertz CT molecular complexity index is 1360. The van der Waals surface area contributed by atoms with E-state index in [9.17, 15) is 39.6 Å². The van der Waals surface area contributed by atoms with Gasteiger partial charge in [0.05, 0.1) is 17.6 Å². The Morgan fingerprint density at radius 1 is 1.11 bits per heavy atom. The van der Waals surface area contributed by atoms with E-state index >= 15 is 0 Å². The Morgan fingerprint density at radius 2 is 1.75 bits per heavy atom. The second-order valence-corrected chi connectivity index (χ2v) is 14.7. The lowest BCUT2D eigenvalue weighted by atomic mass is 9.33. The smallest absolute Gasteiger partial charge is 0.230 e. The van der Waals surface area contributed by atoms with Crippen LogP contribution in [0.25, 0.3) is 0 Å². The monoisotopic (exact) mass is 612 g/mol. The van der Waals surface area contributed by atoms with Crippen LogP contribution in [0.5, 0.6) is 5.75 Å². The van der Waals surface area contributed by atoms with Crippen LogP contribution in [0, 0.1) is 46.3 Å². The molecule has 2 saturated carbocycles. The second kappa shape index (κ2) is 11.3. The molecule has 1 aromatic rings. The van der Waals surface area contributed by atoms with E-state index in [1.807, 2.05) is 13.8 Å². The fourth-order valence-corrected chi connectivity index (χ4v) is 10.2. The summed E-state index contributed by atoms with van der Waals surface area (Å²) in [6.07, 6.45) is -0.750. The third-order valence-electron chi connectivity index (χ3n) is 12.5. The molecule has 5 rings (SSSR count). The molecule has 1 saturated heterocycles. The van der Waals surface area contributed by atoms with Crippen LogP contribution in [0.4, 0.5) is 0 Å². The summed E-state index contributed by atoms with van der Waals surface area (Å²) in [4.78, 5) is 55.2. The minimum absolute atomic E-state index is 0.0138. The number of primary amides is 1. The van der Waals surface area contributed by atoms with E-state index in [4.69, 9.17) is 5.73 Å². The molecule has 1 aliphatic heterocycles. The van der Waals surface area contributed by atoms with Crippen molar-refractivity contribution in [3.05, 3.63) is 29.3 Å². The molecule has 10 atom stereocenters. The summed E-state index contributed by atoms with van der Waals surface area (Å²) < 4.78 is 0. The van der Waals surface area contributed by atoms with E-state index in [1.54, 1.807) is 32.9 Å². The predicted octanol–water partition coefficient (Wildman–Crippen LogP) is 2.10. The van der Waals surface area contributed by atoms with E-state index < -0.39 is 81.6 Å². The molecule has 3 aliphatic carbocycles. The Morgan fingerprint density at radius 3 is 2.34 bits per heavy atom. The van der Waals surface area contributed by atoms with Gasteiger partial charge in [-0.2, -0.15) is 0 Å². The van der Waals surface area contributed by atoms with E-state index in [2.05, 4.69) is 5.32 Å². The summed E-state index contributed by atoms with van der Waals surface area (Å²) in [5.41, 5.74) is 0.680. The lowest BCUT2D eigenvalue weighted by Gasteiger charge is -2.71. The number of carbonyl (C=O) groups is 4. The average molecular weight is 613 g/mol. The van der Waals surface area contributed by atoms with Crippen LogP contribution in [0.2, 0.25) is 0 Å². The van der Waals surface area contributed by atoms with Crippen molar-refractivity contribution < 1.29 is 39.6 Å². The molecule has 7 N–H and O–H groups in total. The topological polar surface area (TPSA) is 187 Å². The zero-order valence-corrected chi connectivity index (χ0v) is 26.4. The van der Waals surface area contributed by atoms with E-state index in [0.717, 1.165) is 25.9 Å². The lowest BCUT2D eigenvalue weighted by Crippen LogP contribution is -2.82. The number of phenolic OH excluding ortho intramolecular Hbond substituents is 1. The maximum Gasteiger partial charge on any atom is 0.230 e. The first-order chi connectivity index (χ1) is 20.6. The number of aliphatic hydroxyl groups excluding tert-OH is 2. The van der Waals surface area contributed by atoms with E-state index in [1.165, 1.54) is 6.07 Å². The number of ketones is 3. The van der Waals surface area contributed by atoms with Gasteiger partial charge in [-0.15, -0.1) is 0 Å². The highest BCUT2D eigenvalue weighted by atomic mass is 16.4. The van der Waals surface area contributed by atoms with Crippen LogP contribution < -0.4 is 11.1 Å². The quantitative estimate of drug-likeness (QED) is 0.251. The number of nitrogens with one attached hydrogen (secondary N) is 1. The number of amides is 1. The molecule has 0 spiro atoms. The largest absolute Gasteiger partial charge is 0.507 e. The van der Waals surface area contributed by atoms with Crippen LogP contribution in [-0.4, -0.2) is 74.6 Å². The van der Waals surface area contributed by atoms with Crippen molar-refractivity contribution >= 4 is 23.3 Å². The van der Waals surface area contributed by atoms with Crippen molar-refractivity contribution in [3.8, 4) is 5.75 Å². The molecule has 1 amide bonds. The van der Waals surface area contributed by atoms with Gasteiger partial charge >= 0.3 is 0 Å². The zero-order valence-electron chi connectivity index (χ0n) is 26.4.